The molecule has 8 nitrogen and oxygen atoms in total. The molecule has 3 aromatic rings. The van der Waals surface area contributed by atoms with Crippen molar-refractivity contribution in [2.45, 2.75) is 36.8 Å². The predicted molar refractivity (Wildman–Crippen MR) is 122 cm³/mol. The number of hydrogen-bond donors (Lipinski definition) is 1. The van der Waals surface area contributed by atoms with Gasteiger partial charge in [0.15, 0.2) is 9.84 Å². The number of benzene rings is 1. The first-order valence-electron chi connectivity index (χ1n) is 10.4. The van der Waals surface area contributed by atoms with Gasteiger partial charge in [0.25, 0.3) is 0 Å². The monoisotopic (exact) mass is 457 g/mol. The van der Waals surface area contributed by atoms with Crippen LogP contribution < -0.4 is 10.1 Å². The van der Waals surface area contributed by atoms with Gasteiger partial charge in [0.1, 0.15) is 16.3 Å². The van der Waals surface area contributed by atoms with Crippen molar-refractivity contribution in [2.24, 2.45) is 5.92 Å². The molecule has 1 N–H and O–H groups in total. The molecular formula is C23H27N3O5S. The minimum atomic E-state index is -3.66. The number of pyridine rings is 1. The Morgan fingerprint density at radius 1 is 1.28 bits per heavy atom. The Kier molecular flexibility index (Phi) is 5.72. The number of aromatic nitrogens is 2. The van der Waals surface area contributed by atoms with E-state index in [1.807, 2.05) is 24.3 Å². The molecule has 1 saturated heterocycles. The van der Waals surface area contributed by atoms with Crippen molar-refractivity contribution in [3.63, 3.8) is 0 Å². The van der Waals surface area contributed by atoms with Crippen LogP contribution in [0.5, 0.6) is 5.75 Å². The number of imidazole rings is 1. The predicted octanol–water partition coefficient (Wildman–Crippen LogP) is 3.56. The number of carbonyl (C=O) groups is 1. The Balaban J connectivity index is 1.76. The topological polar surface area (TPSA) is 99.0 Å². The van der Waals surface area contributed by atoms with E-state index in [-0.39, 0.29) is 22.5 Å². The second kappa shape index (κ2) is 8.22. The van der Waals surface area contributed by atoms with Gasteiger partial charge in [-0.25, -0.2) is 13.4 Å². The van der Waals surface area contributed by atoms with E-state index in [0.29, 0.717) is 36.7 Å². The van der Waals surface area contributed by atoms with Crippen LogP contribution in [0.3, 0.4) is 0 Å². The molecule has 1 aliphatic rings. The average molecular weight is 458 g/mol. The normalized spacial score (nSPS) is 16.9. The SMILES string of the molecule is COc1cc2ncc(-c3cccc(NC(=O)C4CCOC4)c3)n2cc1S(=O)(=O)C(C)(C)C. The van der Waals surface area contributed by atoms with E-state index in [1.54, 1.807) is 43.6 Å². The molecule has 0 bridgehead atoms. The van der Waals surface area contributed by atoms with E-state index in [0.717, 1.165) is 5.56 Å². The number of hydrogen-bond acceptors (Lipinski definition) is 6. The third-order valence-corrected chi connectivity index (χ3v) is 8.11. The molecule has 1 unspecified atom stereocenters. The second-order valence-corrected chi connectivity index (χ2v) is 11.5. The van der Waals surface area contributed by atoms with Gasteiger partial charge in [-0.1, -0.05) is 12.1 Å². The summed E-state index contributed by atoms with van der Waals surface area (Å²) in [6, 6.07) is 9.01. The molecule has 9 heteroatoms. The zero-order valence-electron chi connectivity index (χ0n) is 18.6. The van der Waals surface area contributed by atoms with Gasteiger partial charge in [-0.15, -0.1) is 0 Å². The second-order valence-electron chi connectivity index (χ2n) is 8.82. The van der Waals surface area contributed by atoms with Gasteiger partial charge < -0.3 is 14.8 Å². The molecule has 32 heavy (non-hydrogen) atoms. The standard InChI is InChI=1S/C23H27N3O5S/c1-23(2,3)32(28,29)20-13-26-18(12-24-21(26)11-19(20)30-4)15-6-5-7-17(10-15)25-22(27)16-8-9-31-14-16/h5-7,10-13,16H,8-9,14H2,1-4H3,(H,25,27). The van der Waals surface area contributed by atoms with Crippen LogP contribution in [-0.2, 0) is 19.4 Å². The highest BCUT2D eigenvalue weighted by molar-refractivity contribution is 7.92. The minimum Gasteiger partial charge on any atom is -0.495 e. The molecule has 1 fully saturated rings. The fourth-order valence-corrected chi connectivity index (χ4v) is 4.94. The maximum atomic E-state index is 13.2. The van der Waals surface area contributed by atoms with Crippen LogP contribution in [0.1, 0.15) is 27.2 Å². The third kappa shape index (κ3) is 3.98. The van der Waals surface area contributed by atoms with E-state index in [9.17, 15) is 13.2 Å². The van der Waals surface area contributed by atoms with Crippen LogP contribution >= 0.6 is 0 Å². The lowest BCUT2D eigenvalue weighted by molar-refractivity contribution is -0.119. The van der Waals surface area contributed by atoms with Crippen molar-refractivity contribution in [1.82, 2.24) is 9.38 Å². The number of rotatable bonds is 5. The Morgan fingerprint density at radius 3 is 2.72 bits per heavy atom. The highest BCUT2D eigenvalue weighted by Gasteiger charge is 2.34. The molecule has 1 aromatic carbocycles. The summed E-state index contributed by atoms with van der Waals surface area (Å²) in [5.74, 6) is 0.0394. The van der Waals surface area contributed by atoms with E-state index < -0.39 is 14.6 Å². The zero-order valence-corrected chi connectivity index (χ0v) is 19.4. The van der Waals surface area contributed by atoms with Gasteiger partial charge in [0, 0.05) is 30.1 Å². The Bertz CT molecular complexity index is 1270. The summed E-state index contributed by atoms with van der Waals surface area (Å²) in [4.78, 5) is 17.0. The summed E-state index contributed by atoms with van der Waals surface area (Å²) in [7, 11) is -2.22. The number of sulfone groups is 1. The van der Waals surface area contributed by atoms with Gasteiger partial charge in [-0.2, -0.15) is 0 Å². The van der Waals surface area contributed by atoms with Crippen molar-refractivity contribution in [3.05, 3.63) is 42.7 Å². The molecule has 3 heterocycles. The van der Waals surface area contributed by atoms with Gasteiger partial charge in [-0.3, -0.25) is 9.20 Å². The van der Waals surface area contributed by atoms with E-state index in [4.69, 9.17) is 9.47 Å². The molecule has 0 saturated carbocycles. The van der Waals surface area contributed by atoms with E-state index in [2.05, 4.69) is 10.3 Å². The number of nitrogens with zero attached hydrogens (tertiary/aromatic N) is 2. The summed E-state index contributed by atoms with van der Waals surface area (Å²) in [6.07, 6.45) is 3.94. The number of methoxy groups -OCH3 is 1. The molecule has 0 radical (unpaired) electrons. The van der Waals surface area contributed by atoms with Gasteiger partial charge >= 0.3 is 0 Å². The number of anilines is 1. The molecule has 170 valence electrons. The highest BCUT2D eigenvalue weighted by atomic mass is 32.2. The summed E-state index contributed by atoms with van der Waals surface area (Å²) < 4.78 is 37.8. The molecule has 0 aliphatic carbocycles. The summed E-state index contributed by atoms with van der Waals surface area (Å²) >= 11 is 0. The highest BCUT2D eigenvalue weighted by Crippen LogP contribution is 2.34. The summed E-state index contributed by atoms with van der Waals surface area (Å²) in [6.45, 7) is 6.00. The lowest BCUT2D eigenvalue weighted by Crippen LogP contribution is -2.28. The van der Waals surface area contributed by atoms with Gasteiger partial charge in [-0.05, 0) is 39.3 Å². The first-order chi connectivity index (χ1) is 15.1. The number of carbonyl (C=O) groups excluding carboxylic acids is 1. The van der Waals surface area contributed by atoms with Crippen LogP contribution in [0, 0.1) is 5.92 Å². The Morgan fingerprint density at radius 2 is 2.06 bits per heavy atom. The van der Waals surface area contributed by atoms with Crippen LogP contribution in [-0.4, -0.2) is 48.8 Å². The first kappa shape index (κ1) is 22.3. The summed E-state index contributed by atoms with van der Waals surface area (Å²) in [5, 5.41) is 2.94. The van der Waals surface area contributed by atoms with Crippen LogP contribution in [0.15, 0.2) is 47.6 Å². The fraction of sp³-hybridized carbons (Fsp3) is 0.391. The van der Waals surface area contributed by atoms with Crippen molar-refractivity contribution in [2.75, 3.05) is 25.6 Å². The summed E-state index contributed by atoms with van der Waals surface area (Å²) in [5.41, 5.74) is 2.71. The number of amides is 1. The average Bonchev–Trinajstić information content (AvgIpc) is 3.42. The molecule has 1 atom stereocenters. The van der Waals surface area contributed by atoms with Gasteiger partial charge in [0.2, 0.25) is 5.91 Å². The van der Waals surface area contributed by atoms with Crippen molar-refractivity contribution >= 4 is 27.1 Å². The zero-order chi connectivity index (χ0) is 23.1. The maximum absolute atomic E-state index is 13.2. The minimum absolute atomic E-state index is 0.0684. The molecule has 4 rings (SSSR count). The van der Waals surface area contributed by atoms with Crippen molar-refractivity contribution < 1.29 is 22.7 Å². The lowest BCUT2D eigenvalue weighted by atomic mass is 10.1. The van der Waals surface area contributed by atoms with Crippen LogP contribution in [0.4, 0.5) is 5.69 Å². The molecular weight excluding hydrogens is 430 g/mol. The first-order valence-corrected chi connectivity index (χ1v) is 11.9. The Labute approximate surface area is 187 Å². The number of ether oxygens (including phenoxy) is 2. The molecule has 1 amide bonds. The van der Waals surface area contributed by atoms with Crippen LogP contribution in [0.2, 0.25) is 0 Å². The van der Waals surface area contributed by atoms with Crippen LogP contribution in [0.25, 0.3) is 16.9 Å². The fourth-order valence-electron chi connectivity index (χ4n) is 3.63. The molecule has 1 aliphatic heterocycles. The lowest BCUT2D eigenvalue weighted by Gasteiger charge is -2.21. The molecule has 2 aromatic heterocycles. The maximum Gasteiger partial charge on any atom is 0.229 e. The smallest absolute Gasteiger partial charge is 0.229 e. The van der Waals surface area contributed by atoms with E-state index in [1.165, 1.54) is 7.11 Å². The molecule has 0 spiro atoms. The van der Waals surface area contributed by atoms with Crippen molar-refractivity contribution in [3.8, 4) is 17.0 Å². The van der Waals surface area contributed by atoms with Crippen molar-refractivity contribution in [1.29, 1.82) is 0 Å². The number of nitrogens with one attached hydrogen (secondary N) is 1. The largest absolute Gasteiger partial charge is 0.495 e. The quantitative estimate of drug-likeness (QED) is 0.629. The Hall–Kier alpha value is -2.91. The van der Waals surface area contributed by atoms with Gasteiger partial charge in [0.05, 0.1) is 36.3 Å². The number of fused-ring (bicyclic) bond motifs is 1. The van der Waals surface area contributed by atoms with E-state index >= 15 is 0 Å². The third-order valence-electron chi connectivity index (χ3n) is 5.62.